The Morgan fingerprint density at radius 1 is 1.06 bits per heavy atom. The van der Waals surface area contributed by atoms with Gasteiger partial charge in [0.25, 0.3) is 0 Å². The number of nitrogens with zero attached hydrogens (tertiary/aromatic N) is 3. The Hall–Kier alpha value is -3.28. The lowest BCUT2D eigenvalue weighted by atomic mass is 9.98. The number of allylic oxidation sites excluding steroid dienone is 3. The van der Waals surface area contributed by atoms with Crippen molar-refractivity contribution in [1.82, 2.24) is 14.9 Å². The van der Waals surface area contributed by atoms with Crippen molar-refractivity contribution in [2.24, 2.45) is 5.92 Å². The van der Waals surface area contributed by atoms with Crippen LogP contribution < -0.4 is 5.32 Å². The van der Waals surface area contributed by atoms with Crippen molar-refractivity contribution in [2.45, 2.75) is 25.9 Å². The van der Waals surface area contributed by atoms with E-state index in [2.05, 4.69) is 34.5 Å². The fraction of sp³-hybridized carbons (Fsp3) is 0.222. The highest BCUT2D eigenvalue weighted by Crippen LogP contribution is 2.34. The van der Waals surface area contributed by atoms with Crippen LogP contribution >= 0.6 is 11.6 Å². The quantitative estimate of drug-likeness (QED) is 0.556. The Bertz CT molecular complexity index is 1220. The highest BCUT2D eigenvalue weighted by molar-refractivity contribution is 6.33. The van der Waals surface area contributed by atoms with Crippen LogP contribution in [0.3, 0.4) is 0 Å². The second kappa shape index (κ2) is 9.69. The third-order valence-corrected chi connectivity index (χ3v) is 6.40. The van der Waals surface area contributed by atoms with Gasteiger partial charge in [0.2, 0.25) is 11.9 Å². The molecule has 1 amide bonds. The van der Waals surface area contributed by atoms with Gasteiger partial charge in [0.05, 0.1) is 17.3 Å². The van der Waals surface area contributed by atoms with Crippen LogP contribution in [0.5, 0.6) is 0 Å². The summed E-state index contributed by atoms with van der Waals surface area (Å²) in [5, 5.41) is 3.57. The lowest BCUT2D eigenvalue weighted by Gasteiger charge is -2.30. The molecule has 1 unspecified atom stereocenters. The molecule has 1 atom stereocenters. The van der Waals surface area contributed by atoms with Crippen molar-refractivity contribution >= 4 is 23.5 Å². The summed E-state index contributed by atoms with van der Waals surface area (Å²) in [7, 11) is 0. The normalized spacial score (nSPS) is 17.5. The zero-order chi connectivity index (χ0) is 22.6. The van der Waals surface area contributed by atoms with Crippen LogP contribution in [0.15, 0.2) is 78.9 Å². The van der Waals surface area contributed by atoms with E-state index < -0.39 is 0 Å². The molecular formula is C27H25ClN4O. The third-order valence-electron chi connectivity index (χ3n) is 6.07. The van der Waals surface area contributed by atoms with Crippen molar-refractivity contribution < 1.29 is 4.79 Å². The summed E-state index contributed by atoms with van der Waals surface area (Å²) >= 11 is 6.57. The van der Waals surface area contributed by atoms with Gasteiger partial charge in [-0.3, -0.25) is 15.0 Å². The number of nitrogens with one attached hydrogen (secondary N) is 1. The number of hydrogen-bond acceptors (Lipinski definition) is 4. The average Bonchev–Trinajstić information content (AvgIpc) is 2.85. The predicted molar refractivity (Wildman–Crippen MR) is 132 cm³/mol. The van der Waals surface area contributed by atoms with Crippen LogP contribution in [0.4, 0.5) is 5.95 Å². The molecule has 0 radical (unpaired) electrons. The van der Waals surface area contributed by atoms with E-state index in [1.807, 2.05) is 54.6 Å². The smallest absolute Gasteiger partial charge is 0.233 e. The van der Waals surface area contributed by atoms with Gasteiger partial charge in [0.1, 0.15) is 0 Å². The monoisotopic (exact) mass is 456 g/mol. The molecule has 0 fully saturated rings. The molecule has 1 aliphatic carbocycles. The topological polar surface area (TPSA) is 58.1 Å². The van der Waals surface area contributed by atoms with E-state index in [0.717, 1.165) is 48.6 Å². The fourth-order valence-corrected chi connectivity index (χ4v) is 4.58. The summed E-state index contributed by atoms with van der Waals surface area (Å²) in [5.41, 5.74) is 4.97. The molecule has 0 saturated heterocycles. The summed E-state index contributed by atoms with van der Waals surface area (Å²) in [6.07, 6.45) is 9.22. The maximum atomic E-state index is 12.8. The molecule has 2 aliphatic rings. The molecule has 33 heavy (non-hydrogen) atoms. The first-order valence-electron chi connectivity index (χ1n) is 11.2. The van der Waals surface area contributed by atoms with E-state index in [4.69, 9.17) is 21.6 Å². The molecule has 0 saturated carbocycles. The minimum absolute atomic E-state index is 0.0952. The standard InChI is InChI=1S/C27H25ClN4O/c28-23-14-8-7-13-21(23)25-22-18-32(17-19-9-3-1-4-10-19)16-15-24(22)29-27(30-25)31-26(33)20-11-5-2-6-12-20/h1-11,13-14,20H,12,15-18H2,(H,29,30,31,33). The highest BCUT2D eigenvalue weighted by atomic mass is 35.5. The molecule has 1 aliphatic heterocycles. The van der Waals surface area contributed by atoms with Crippen LogP contribution in [0.1, 0.15) is 23.2 Å². The SMILES string of the molecule is O=C(Nc1nc2c(c(-c3ccccc3Cl)n1)CN(Cc1ccccc1)CC2)C1C=CC=CC1. The first-order chi connectivity index (χ1) is 16.2. The number of hydrogen-bond donors (Lipinski definition) is 1. The second-order valence-corrected chi connectivity index (χ2v) is 8.80. The highest BCUT2D eigenvalue weighted by Gasteiger charge is 2.25. The molecule has 0 spiro atoms. The molecule has 1 N–H and O–H groups in total. The van der Waals surface area contributed by atoms with Crippen molar-refractivity contribution in [1.29, 1.82) is 0 Å². The number of amides is 1. The Balaban J connectivity index is 1.47. The van der Waals surface area contributed by atoms with E-state index >= 15 is 0 Å². The summed E-state index contributed by atoms with van der Waals surface area (Å²) in [5.74, 6) is 0.0371. The first-order valence-corrected chi connectivity index (χ1v) is 11.6. The van der Waals surface area contributed by atoms with Gasteiger partial charge in [0.15, 0.2) is 0 Å². The Morgan fingerprint density at radius 3 is 2.67 bits per heavy atom. The van der Waals surface area contributed by atoms with E-state index in [0.29, 0.717) is 17.4 Å². The summed E-state index contributed by atoms with van der Waals surface area (Å²) in [6, 6.07) is 18.2. The zero-order valence-corrected chi connectivity index (χ0v) is 19.0. The lowest BCUT2D eigenvalue weighted by Crippen LogP contribution is -2.32. The Morgan fingerprint density at radius 2 is 1.88 bits per heavy atom. The Kier molecular flexibility index (Phi) is 6.33. The molecule has 166 valence electrons. The number of benzene rings is 2. The number of rotatable bonds is 5. The molecule has 2 aromatic carbocycles. The first kappa shape index (κ1) is 21.6. The van der Waals surface area contributed by atoms with Crippen molar-refractivity contribution in [3.8, 4) is 11.3 Å². The number of carbonyl (C=O) groups excluding carboxylic acids is 1. The molecular weight excluding hydrogens is 432 g/mol. The predicted octanol–water partition coefficient (Wildman–Crippen LogP) is 5.43. The summed E-state index contributed by atoms with van der Waals surface area (Å²) in [6.45, 7) is 2.49. The largest absolute Gasteiger partial charge is 0.294 e. The second-order valence-electron chi connectivity index (χ2n) is 8.39. The van der Waals surface area contributed by atoms with Crippen LogP contribution in [0, 0.1) is 5.92 Å². The van der Waals surface area contributed by atoms with Gasteiger partial charge in [-0.2, -0.15) is 0 Å². The van der Waals surface area contributed by atoms with E-state index in [9.17, 15) is 4.79 Å². The molecule has 5 rings (SSSR count). The fourth-order valence-electron chi connectivity index (χ4n) is 4.36. The lowest BCUT2D eigenvalue weighted by molar-refractivity contribution is -0.118. The van der Waals surface area contributed by atoms with E-state index in [1.165, 1.54) is 5.56 Å². The van der Waals surface area contributed by atoms with Gasteiger partial charge in [-0.15, -0.1) is 0 Å². The molecule has 2 heterocycles. The van der Waals surface area contributed by atoms with Crippen molar-refractivity contribution in [3.63, 3.8) is 0 Å². The Labute approximate surface area is 198 Å². The van der Waals surface area contributed by atoms with Gasteiger partial charge >= 0.3 is 0 Å². The van der Waals surface area contributed by atoms with Crippen molar-refractivity contribution in [2.75, 3.05) is 11.9 Å². The maximum Gasteiger partial charge on any atom is 0.233 e. The molecule has 5 nitrogen and oxygen atoms in total. The van der Waals surface area contributed by atoms with E-state index in [1.54, 1.807) is 0 Å². The van der Waals surface area contributed by atoms with Gasteiger partial charge < -0.3 is 0 Å². The van der Waals surface area contributed by atoms with Crippen LogP contribution in [0.2, 0.25) is 5.02 Å². The summed E-state index contributed by atoms with van der Waals surface area (Å²) < 4.78 is 0. The average molecular weight is 457 g/mol. The molecule has 0 bridgehead atoms. The minimum atomic E-state index is -0.209. The number of aromatic nitrogens is 2. The number of anilines is 1. The van der Waals surface area contributed by atoms with Gasteiger partial charge in [-0.05, 0) is 18.1 Å². The van der Waals surface area contributed by atoms with Crippen LogP contribution in [0.25, 0.3) is 11.3 Å². The number of halogens is 1. The maximum absolute atomic E-state index is 12.8. The van der Waals surface area contributed by atoms with E-state index in [-0.39, 0.29) is 11.8 Å². The molecule has 6 heteroatoms. The zero-order valence-electron chi connectivity index (χ0n) is 18.2. The summed E-state index contributed by atoms with van der Waals surface area (Å²) in [4.78, 5) is 24.7. The molecule has 3 aromatic rings. The van der Waals surface area contributed by atoms with Crippen LogP contribution in [-0.4, -0.2) is 27.3 Å². The number of fused-ring (bicyclic) bond motifs is 1. The van der Waals surface area contributed by atoms with Crippen molar-refractivity contribution in [3.05, 3.63) is 101 Å². The van der Waals surface area contributed by atoms with Crippen LogP contribution in [-0.2, 0) is 24.3 Å². The van der Waals surface area contributed by atoms with Gasteiger partial charge in [-0.1, -0.05) is 84.4 Å². The minimum Gasteiger partial charge on any atom is -0.294 e. The molecule has 1 aromatic heterocycles. The van der Waals surface area contributed by atoms with Gasteiger partial charge in [-0.25, -0.2) is 9.97 Å². The third kappa shape index (κ3) is 4.90. The van der Waals surface area contributed by atoms with Gasteiger partial charge in [0, 0.05) is 42.2 Å². The number of carbonyl (C=O) groups is 1.